The summed E-state index contributed by atoms with van der Waals surface area (Å²) in [7, 11) is 0. The highest BCUT2D eigenvalue weighted by Gasteiger charge is 2.30. The number of aromatic nitrogens is 1. The van der Waals surface area contributed by atoms with Crippen LogP contribution in [0, 0.1) is 12.8 Å². The molecular formula is C23H22ClN3O2S. The molecule has 2 amide bonds. The van der Waals surface area contributed by atoms with E-state index in [0.717, 1.165) is 29.1 Å². The Hall–Kier alpha value is -2.70. The summed E-state index contributed by atoms with van der Waals surface area (Å²) in [5.41, 5.74) is 2.37. The number of nitrogens with one attached hydrogen (secondary N) is 1. The summed E-state index contributed by atoms with van der Waals surface area (Å²) in [6, 6.07) is 16.9. The molecule has 154 valence electrons. The molecule has 4 rings (SSSR count). The average Bonchev–Trinajstić information content (AvgIpc) is 3.15. The van der Waals surface area contributed by atoms with Crippen LogP contribution in [0.25, 0.3) is 10.6 Å². The molecule has 0 bridgehead atoms. The summed E-state index contributed by atoms with van der Waals surface area (Å²) < 4.78 is 0. The number of carbonyl (C=O) groups is 2. The Balaban J connectivity index is 1.47. The Bertz CT molecular complexity index is 1070. The van der Waals surface area contributed by atoms with Crippen molar-refractivity contribution >= 4 is 40.4 Å². The van der Waals surface area contributed by atoms with Gasteiger partial charge in [0.1, 0.15) is 9.88 Å². The minimum atomic E-state index is -0.219. The lowest BCUT2D eigenvalue weighted by Gasteiger charge is -2.31. The zero-order valence-corrected chi connectivity index (χ0v) is 18.2. The fourth-order valence-electron chi connectivity index (χ4n) is 3.62. The first-order valence-corrected chi connectivity index (χ1v) is 11.1. The second-order valence-electron chi connectivity index (χ2n) is 7.39. The Morgan fingerprint density at radius 3 is 2.73 bits per heavy atom. The predicted molar refractivity (Wildman–Crippen MR) is 121 cm³/mol. The molecule has 2 heterocycles. The second-order valence-corrected chi connectivity index (χ2v) is 8.83. The standard InChI is InChI=1S/C23H22ClN3O2S/c1-15-20(30-22(25-15)16-7-5-9-18(24)13-16)23(29)27-12-6-8-17(14-27)21(28)26-19-10-3-2-4-11-19/h2-5,7,9-11,13,17H,6,8,12,14H2,1H3,(H,26,28). The maximum atomic E-state index is 13.2. The zero-order chi connectivity index (χ0) is 21.1. The second kappa shape index (κ2) is 8.98. The molecule has 0 spiro atoms. The molecule has 1 atom stereocenters. The van der Waals surface area contributed by atoms with Crippen LogP contribution in [0.5, 0.6) is 0 Å². The van der Waals surface area contributed by atoms with Crippen LogP contribution in [-0.2, 0) is 4.79 Å². The third kappa shape index (κ3) is 4.55. The van der Waals surface area contributed by atoms with Gasteiger partial charge in [-0.15, -0.1) is 11.3 Å². The molecule has 1 aliphatic rings. The lowest BCUT2D eigenvalue weighted by Crippen LogP contribution is -2.43. The summed E-state index contributed by atoms with van der Waals surface area (Å²) in [5, 5.41) is 4.36. The smallest absolute Gasteiger partial charge is 0.265 e. The number of aryl methyl sites for hydroxylation is 1. The number of rotatable bonds is 4. The van der Waals surface area contributed by atoms with E-state index in [1.165, 1.54) is 11.3 Å². The van der Waals surface area contributed by atoms with Crippen LogP contribution in [0.2, 0.25) is 5.02 Å². The van der Waals surface area contributed by atoms with Crippen molar-refractivity contribution in [1.29, 1.82) is 0 Å². The molecule has 1 aromatic heterocycles. The lowest BCUT2D eigenvalue weighted by molar-refractivity contribution is -0.121. The molecule has 1 saturated heterocycles. The van der Waals surface area contributed by atoms with E-state index >= 15 is 0 Å². The van der Waals surface area contributed by atoms with Crippen molar-refractivity contribution < 1.29 is 9.59 Å². The quantitative estimate of drug-likeness (QED) is 0.602. The van der Waals surface area contributed by atoms with Crippen LogP contribution in [0.3, 0.4) is 0 Å². The molecule has 0 radical (unpaired) electrons. The van der Waals surface area contributed by atoms with Crippen LogP contribution in [0.15, 0.2) is 54.6 Å². The van der Waals surface area contributed by atoms with Crippen molar-refractivity contribution in [3.05, 3.63) is 70.2 Å². The highest BCUT2D eigenvalue weighted by atomic mass is 35.5. The van der Waals surface area contributed by atoms with Crippen molar-refractivity contribution in [3.63, 3.8) is 0 Å². The molecule has 0 aliphatic carbocycles. The summed E-state index contributed by atoms with van der Waals surface area (Å²) in [6.07, 6.45) is 1.58. The number of para-hydroxylation sites is 1. The Morgan fingerprint density at radius 2 is 1.97 bits per heavy atom. The number of halogens is 1. The molecule has 2 aromatic carbocycles. The number of amides is 2. The number of piperidine rings is 1. The first kappa shape index (κ1) is 20.6. The number of carbonyl (C=O) groups excluding carboxylic acids is 2. The number of benzene rings is 2. The van der Waals surface area contributed by atoms with Crippen molar-refractivity contribution in [2.45, 2.75) is 19.8 Å². The van der Waals surface area contributed by atoms with E-state index in [-0.39, 0.29) is 17.7 Å². The molecule has 1 N–H and O–H groups in total. The Morgan fingerprint density at radius 1 is 1.17 bits per heavy atom. The highest BCUT2D eigenvalue weighted by molar-refractivity contribution is 7.17. The minimum Gasteiger partial charge on any atom is -0.337 e. The monoisotopic (exact) mass is 439 g/mol. The van der Waals surface area contributed by atoms with Crippen molar-refractivity contribution in [3.8, 4) is 10.6 Å². The van der Waals surface area contributed by atoms with Gasteiger partial charge in [-0.05, 0) is 44.0 Å². The molecule has 1 aliphatic heterocycles. The average molecular weight is 440 g/mol. The normalized spacial score (nSPS) is 16.3. The van der Waals surface area contributed by atoms with Crippen LogP contribution in [0.4, 0.5) is 5.69 Å². The van der Waals surface area contributed by atoms with E-state index in [2.05, 4.69) is 10.3 Å². The Kier molecular flexibility index (Phi) is 6.16. The number of anilines is 1. The molecule has 30 heavy (non-hydrogen) atoms. The van der Waals surface area contributed by atoms with Crippen LogP contribution < -0.4 is 5.32 Å². The molecule has 0 saturated carbocycles. The van der Waals surface area contributed by atoms with Gasteiger partial charge in [0.25, 0.3) is 5.91 Å². The van der Waals surface area contributed by atoms with Crippen molar-refractivity contribution in [1.82, 2.24) is 9.88 Å². The van der Waals surface area contributed by atoms with Gasteiger partial charge in [-0.1, -0.05) is 41.9 Å². The van der Waals surface area contributed by atoms with Gasteiger partial charge in [-0.2, -0.15) is 0 Å². The van der Waals surface area contributed by atoms with Gasteiger partial charge >= 0.3 is 0 Å². The van der Waals surface area contributed by atoms with Crippen LogP contribution in [-0.4, -0.2) is 34.8 Å². The van der Waals surface area contributed by atoms with Gasteiger partial charge in [0.15, 0.2) is 0 Å². The summed E-state index contributed by atoms with van der Waals surface area (Å²) in [6.45, 7) is 2.92. The van der Waals surface area contributed by atoms with Gasteiger partial charge in [0.05, 0.1) is 11.6 Å². The van der Waals surface area contributed by atoms with Crippen LogP contribution >= 0.6 is 22.9 Å². The maximum Gasteiger partial charge on any atom is 0.265 e. The number of hydrogen-bond donors (Lipinski definition) is 1. The van der Waals surface area contributed by atoms with Gasteiger partial charge in [-0.25, -0.2) is 4.98 Å². The molecule has 1 unspecified atom stereocenters. The van der Waals surface area contributed by atoms with Crippen LogP contribution in [0.1, 0.15) is 28.2 Å². The van der Waals surface area contributed by atoms with E-state index in [4.69, 9.17) is 11.6 Å². The summed E-state index contributed by atoms with van der Waals surface area (Å²) >= 11 is 7.47. The van der Waals surface area contributed by atoms with Gasteiger partial charge in [0.2, 0.25) is 5.91 Å². The molecule has 3 aromatic rings. The number of nitrogens with zero attached hydrogens (tertiary/aromatic N) is 2. The van der Waals surface area contributed by atoms with E-state index in [0.29, 0.717) is 28.7 Å². The third-order valence-electron chi connectivity index (χ3n) is 5.18. The SMILES string of the molecule is Cc1nc(-c2cccc(Cl)c2)sc1C(=O)N1CCCC(C(=O)Nc2ccccc2)C1. The molecular weight excluding hydrogens is 418 g/mol. The number of hydrogen-bond acceptors (Lipinski definition) is 4. The molecule has 1 fully saturated rings. The topological polar surface area (TPSA) is 62.3 Å². The van der Waals surface area contributed by atoms with E-state index < -0.39 is 0 Å². The van der Waals surface area contributed by atoms with Gasteiger partial charge < -0.3 is 10.2 Å². The minimum absolute atomic E-state index is 0.0423. The molecule has 7 heteroatoms. The van der Waals surface area contributed by atoms with Crippen molar-refractivity contribution in [2.75, 3.05) is 18.4 Å². The van der Waals surface area contributed by atoms with E-state index in [1.807, 2.05) is 61.5 Å². The summed E-state index contributed by atoms with van der Waals surface area (Å²) in [5.74, 6) is -0.321. The predicted octanol–water partition coefficient (Wildman–Crippen LogP) is 5.26. The fourth-order valence-corrected chi connectivity index (χ4v) is 4.85. The summed E-state index contributed by atoms with van der Waals surface area (Å²) in [4.78, 5) is 32.9. The molecule has 5 nitrogen and oxygen atoms in total. The maximum absolute atomic E-state index is 13.2. The first-order chi connectivity index (χ1) is 14.5. The van der Waals surface area contributed by atoms with E-state index in [9.17, 15) is 9.59 Å². The van der Waals surface area contributed by atoms with E-state index in [1.54, 1.807) is 4.90 Å². The first-order valence-electron chi connectivity index (χ1n) is 9.90. The van der Waals surface area contributed by atoms with Crippen molar-refractivity contribution in [2.24, 2.45) is 5.92 Å². The highest BCUT2D eigenvalue weighted by Crippen LogP contribution is 2.31. The van der Waals surface area contributed by atoms with Gasteiger partial charge in [0, 0.05) is 29.4 Å². The number of likely N-dealkylation sites (tertiary alicyclic amines) is 1. The zero-order valence-electron chi connectivity index (χ0n) is 16.6. The lowest BCUT2D eigenvalue weighted by atomic mass is 9.96. The van der Waals surface area contributed by atoms with Gasteiger partial charge in [-0.3, -0.25) is 9.59 Å². The third-order valence-corrected chi connectivity index (χ3v) is 6.61. The Labute approximate surface area is 184 Å². The fraction of sp³-hybridized carbons (Fsp3) is 0.261. The largest absolute Gasteiger partial charge is 0.337 e. The number of thiazole rings is 1.